The van der Waals surface area contributed by atoms with E-state index in [1.165, 1.54) is 0 Å². The van der Waals surface area contributed by atoms with Gasteiger partial charge in [0.1, 0.15) is 11.4 Å². The van der Waals surface area contributed by atoms with Crippen LogP contribution in [0.3, 0.4) is 0 Å². The summed E-state index contributed by atoms with van der Waals surface area (Å²) in [5.74, 6) is 0.800. The molecule has 1 aliphatic rings. The fourth-order valence-electron chi connectivity index (χ4n) is 3.87. The van der Waals surface area contributed by atoms with Gasteiger partial charge in [0.05, 0.1) is 18.5 Å². The lowest BCUT2D eigenvalue weighted by atomic mass is 10.1. The zero-order chi connectivity index (χ0) is 24.3. The highest BCUT2D eigenvalue weighted by atomic mass is 35.5. The number of amides is 1. The van der Waals surface area contributed by atoms with Gasteiger partial charge in [-0.05, 0) is 69.3 Å². The van der Waals surface area contributed by atoms with E-state index in [2.05, 4.69) is 29.2 Å². The van der Waals surface area contributed by atoms with Crippen LogP contribution in [0.1, 0.15) is 20.8 Å². The van der Waals surface area contributed by atoms with Crippen molar-refractivity contribution in [1.82, 2.24) is 9.88 Å². The van der Waals surface area contributed by atoms with Gasteiger partial charge in [-0.1, -0.05) is 23.7 Å². The van der Waals surface area contributed by atoms with Gasteiger partial charge >= 0.3 is 6.09 Å². The summed E-state index contributed by atoms with van der Waals surface area (Å²) in [6.07, 6.45) is -0.248. The predicted octanol–water partition coefficient (Wildman–Crippen LogP) is 6.13. The van der Waals surface area contributed by atoms with Crippen LogP contribution in [-0.4, -0.2) is 54.9 Å². The number of hydrogen-bond donors (Lipinski definition) is 0. The summed E-state index contributed by atoms with van der Waals surface area (Å²) in [5.41, 5.74) is 4.24. The summed E-state index contributed by atoms with van der Waals surface area (Å²) in [6.45, 7) is 8.45. The van der Waals surface area contributed by atoms with Gasteiger partial charge in [-0.3, -0.25) is 0 Å². The average Bonchev–Trinajstić information content (AvgIpc) is 2.83. The minimum Gasteiger partial charge on any atom is -0.497 e. The molecule has 6 nitrogen and oxygen atoms in total. The highest BCUT2D eigenvalue weighted by Gasteiger charge is 2.26. The highest BCUT2D eigenvalue weighted by molar-refractivity contribution is 6.31. The molecule has 0 bridgehead atoms. The molecule has 0 aliphatic carbocycles. The van der Waals surface area contributed by atoms with Crippen LogP contribution < -0.4 is 9.64 Å². The number of ether oxygens (including phenoxy) is 2. The lowest BCUT2D eigenvalue weighted by Crippen LogP contribution is -2.50. The van der Waals surface area contributed by atoms with E-state index in [4.69, 9.17) is 26.1 Å². The number of methoxy groups -OCH3 is 1. The molecule has 4 rings (SSSR count). The molecule has 1 aromatic heterocycles. The molecular weight excluding hydrogens is 450 g/mol. The second-order valence-electron chi connectivity index (χ2n) is 9.29. The number of anilines is 1. The third-order valence-electron chi connectivity index (χ3n) is 5.64. The first kappa shape index (κ1) is 23.9. The number of hydrogen-bond acceptors (Lipinski definition) is 5. The van der Waals surface area contributed by atoms with Crippen molar-refractivity contribution in [3.05, 3.63) is 65.7 Å². The molecule has 1 saturated heterocycles. The predicted molar refractivity (Wildman–Crippen MR) is 137 cm³/mol. The number of carbonyl (C=O) groups excluding carboxylic acids is 1. The fraction of sp³-hybridized carbons (Fsp3) is 0.333. The summed E-state index contributed by atoms with van der Waals surface area (Å²) in [7, 11) is 1.65. The number of carbonyl (C=O) groups is 1. The summed E-state index contributed by atoms with van der Waals surface area (Å²) in [4.78, 5) is 21.2. The topological polar surface area (TPSA) is 54.9 Å². The molecule has 1 aliphatic heterocycles. The Labute approximate surface area is 206 Å². The molecule has 178 valence electrons. The third-order valence-corrected chi connectivity index (χ3v) is 5.85. The number of nitrogens with zero attached hydrogens (tertiary/aromatic N) is 3. The SMILES string of the molecule is COc1ccc(-c2cc(Cl)cc(-c3ccc(N4CCN(C(=O)OC(C)(C)C)CC4)cc3)n2)cc1. The largest absolute Gasteiger partial charge is 0.497 e. The van der Waals surface area contributed by atoms with E-state index < -0.39 is 5.60 Å². The first-order valence-corrected chi connectivity index (χ1v) is 11.7. The van der Waals surface area contributed by atoms with E-state index in [-0.39, 0.29) is 6.09 Å². The van der Waals surface area contributed by atoms with Gasteiger partial charge in [0, 0.05) is 48.0 Å². The van der Waals surface area contributed by atoms with Crippen molar-refractivity contribution in [2.75, 3.05) is 38.2 Å². The van der Waals surface area contributed by atoms with Crippen LogP contribution >= 0.6 is 11.6 Å². The van der Waals surface area contributed by atoms with E-state index in [1.807, 2.05) is 57.2 Å². The Morgan fingerprint density at radius 1 is 0.882 bits per heavy atom. The molecule has 7 heteroatoms. The number of rotatable bonds is 4. The van der Waals surface area contributed by atoms with Crippen molar-refractivity contribution in [3.8, 4) is 28.3 Å². The first-order chi connectivity index (χ1) is 16.2. The standard InChI is InChI=1S/C27H30ClN3O3/c1-27(2,3)34-26(32)31-15-13-30(14-16-31)22-9-5-19(6-10-22)24-17-21(28)18-25(29-24)20-7-11-23(33-4)12-8-20/h5-12,17-18H,13-16H2,1-4H3. The van der Waals surface area contributed by atoms with Crippen LogP contribution in [0.5, 0.6) is 5.75 Å². The normalized spacial score (nSPS) is 14.1. The molecule has 2 aromatic carbocycles. The maximum atomic E-state index is 12.3. The number of aromatic nitrogens is 1. The van der Waals surface area contributed by atoms with Crippen LogP contribution in [-0.2, 0) is 4.74 Å². The van der Waals surface area contributed by atoms with Crippen LogP contribution in [0.25, 0.3) is 22.5 Å². The Bertz CT molecular complexity index is 1130. The summed E-state index contributed by atoms with van der Waals surface area (Å²) in [5, 5.41) is 0.637. The van der Waals surface area contributed by atoms with E-state index in [1.54, 1.807) is 12.0 Å². The number of piperazine rings is 1. The lowest BCUT2D eigenvalue weighted by molar-refractivity contribution is 0.0240. The van der Waals surface area contributed by atoms with Crippen molar-refractivity contribution in [3.63, 3.8) is 0 Å². The van der Waals surface area contributed by atoms with Crippen LogP contribution in [0.15, 0.2) is 60.7 Å². The average molecular weight is 480 g/mol. The van der Waals surface area contributed by atoms with Gasteiger partial charge in [0.2, 0.25) is 0 Å². The number of benzene rings is 2. The molecule has 0 atom stereocenters. The second kappa shape index (κ2) is 9.94. The number of halogens is 1. The molecule has 0 spiro atoms. The van der Waals surface area contributed by atoms with Gasteiger partial charge in [-0.25, -0.2) is 9.78 Å². The zero-order valence-corrected chi connectivity index (χ0v) is 20.8. The molecule has 3 aromatic rings. The maximum absolute atomic E-state index is 12.3. The third kappa shape index (κ3) is 5.81. The molecule has 0 radical (unpaired) electrons. The molecule has 34 heavy (non-hydrogen) atoms. The number of pyridine rings is 1. The molecular formula is C27H30ClN3O3. The highest BCUT2D eigenvalue weighted by Crippen LogP contribution is 2.29. The summed E-state index contributed by atoms with van der Waals surface area (Å²) in [6, 6.07) is 19.8. The van der Waals surface area contributed by atoms with Crippen LogP contribution in [0.2, 0.25) is 5.02 Å². The smallest absolute Gasteiger partial charge is 0.410 e. The van der Waals surface area contributed by atoms with E-state index in [0.29, 0.717) is 18.1 Å². The summed E-state index contributed by atoms with van der Waals surface area (Å²) < 4.78 is 10.7. The summed E-state index contributed by atoms with van der Waals surface area (Å²) >= 11 is 6.43. The van der Waals surface area contributed by atoms with Gasteiger partial charge in [0.15, 0.2) is 0 Å². The Kier molecular flexibility index (Phi) is 6.98. The molecule has 1 fully saturated rings. The fourth-order valence-corrected chi connectivity index (χ4v) is 4.08. The molecule has 0 N–H and O–H groups in total. The molecule has 0 unspecified atom stereocenters. The van der Waals surface area contributed by atoms with E-state index in [0.717, 1.165) is 47.0 Å². The van der Waals surface area contributed by atoms with Crippen molar-refractivity contribution < 1.29 is 14.3 Å². The van der Waals surface area contributed by atoms with Crippen molar-refractivity contribution in [1.29, 1.82) is 0 Å². The molecule has 1 amide bonds. The van der Waals surface area contributed by atoms with Crippen molar-refractivity contribution in [2.24, 2.45) is 0 Å². The molecule has 2 heterocycles. The zero-order valence-electron chi connectivity index (χ0n) is 20.0. The minimum absolute atomic E-state index is 0.248. The van der Waals surface area contributed by atoms with Crippen LogP contribution in [0.4, 0.5) is 10.5 Å². The maximum Gasteiger partial charge on any atom is 0.410 e. The van der Waals surface area contributed by atoms with E-state index >= 15 is 0 Å². The Morgan fingerprint density at radius 2 is 1.41 bits per heavy atom. The van der Waals surface area contributed by atoms with Crippen molar-refractivity contribution >= 4 is 23.4 Å². The Morgan fingerprint density at radius 3 is 1.91 bits per heavy atom. The van der Waals surface area contributed by atoms with Crippen molar-refractivity contribution in [2.45, 2.75) is 26.4 Å². The van der Waals surface area contributed by atoms with Crippen LogP contribution in [0, 0.1) is 0 Å². The van der Waals surface area contributed by atoms with Gasteiger partial charge in [-0.15, -0.1) is 0 Å². The quantitative estimate of drug-likeness (QED) is 0.450. The minimum atomic E-state index is -0.480. The Balaban J connectivity index is 1.45. The Hall–Kier alpha value is -3.25. The first-order valence-electron chi connectivity index (χ1n) is 11.4. The lowest BCUT2D eigenvalue weighted by Gasteiger charge is -2.36. The monoisotopic (exact) mass is 479 g/mol. The van der Waals surface area contributed by atoms with Gasteiger partial charge in [0.25, 0.3) is 0 Å². The molecule has 0 saturated carbocycles. The van der Waals surface area contributed by atoms with Gasteiger partial charge < -0.3 is 19.3 Å². The van der Waals surface area contributed by atoms with E-state index in [9.17, 15) is 4.79 Å². The van der Waals surface area contributed by atoms with Gasteiger partial charge in [-0.2, -0.15) is 0 Å². The second-order valence-corrected chi connectivity index (χ2v) is 9.72.